The zero-order chi connectivity index (χ0) is 17.5. The number of ether oxygens (including phenoxy) is 1. The summed E-state index contributed by atoms with van der Waals surface area (Å²) in [6.07, 6.45) is 2.11. The standard InChI is InChI=1S/C21H22N2O2/c1-25-14-13-23(16-17-7-3-2-4-8-17)20(24)15-19-10-5-9-18-11-6-12-22-21(18)19/h2-12H,13-16H2,1H3. The molecule has 0 aliphatic heterocycles. The molecule has 3 rings (SSSR count). The van der Waals surface area contributed by atoms with Gasteiger partial charge in [0.2, 0.25) is 5.91 Å². The number of pyridine rings is 1. The van der Waals surface area contributed by atoms with Crippen LogP contribution in [0.15, 0.2) is 66.9 Å². The minimum atomic E-state index is 0.0825. The minimum absolute atomic E-state index is 0.0825. The van der Waals surface area contributed by atoms with Gasteiger partial charge in [-0.1, -0.05) is 54.6 Å². The molecular weight excluding hydrogens is 312 g/mol. The monoisotopic (exact) mass is 334 g/mol. The van der Waals surface area contributed by atoms with Crippen molar-refractivity contribution in [1.29, 1.82) is 0 Å². The molecule has 0 saturated carbocycles. The van der Waals surface area contributed by atoms with Crippen molar-refractivity contribution in [3.05, 3.63) is 78.0 Å². The van der Waals surface area contributed by atoms with E-state index in [0.29, 0.717) is 26.1 Å². The van der Waals surface area contributed by atoms with Crippen LogP contribution < -0.4 is 0 Å². The molecule has 4 nitrogen and oxygen atoms in total. The lowest BCUT2D eigenvalue weighted by molar-refractivity contribution is -0.131. The molecule has 25 heavy (non-hydrogen) atoms. The largest absolute Gasteiger partial charge is 0.383 e. The van der Waals surface area contributed by atoms with Crippen LogP contribution in [0.3, 0.4) is 0 Å². The summed E-state index contributed by atoms with van der Waals surface area (Å²) in [7, 11) is 1.65. The van der Waals surface area contributed by atoms with Crippen molar-refractivity contribution in [3.8, 4) is 0 Å². The molecule has 128 valence electrons. The molecule has 0 saturated heterocycles. The number of rotatable bonds is 7. The van der Waals surface area contributed by atoms with E-state index < -0.39 is 0 Å². The van der Waals surface area contributed by atoms with Gasteiger partial charge in [0, 0.05) is 31.8 Å². The topological polar surface area (TPSA) is 42.4 Å². The predicted molar refractivity (Wildman–Crippen MR) is 99.2 cm³/mol. The lowest BCUT2D eigenvalue weighted by Crippen LogP contribution is -2.34. The van der Waals surface area contributed by atoms with E-state index in [1.165, 1.54) is 0 Å². The first kappa shape index (κ1) is 17.1. The van der Waals surface area contributed by atoms with Crippen molar-refractivity contribution in [1.82, 2.24) is 9.88 Å². The van der Waals surface area contributed by atoms with Crippen molar-refractivity contribution in [2.45, 2.75) is 13.0 Å². The Morgan fingerprint density at radius 1 is 1.04 bits per heavy atom. The van der Waals surface area contributed by atoms with Gasteiger partial charge in [0.15, 0.2) is 0 Å². The van der Waals surface area contributed by atoms with Crippen molar-refractivity contribution in [2.75, 3.05) is 20.3 Å². The van der Waals surface area contributed by atoms with Crippen LogP contribution >= 0.6 is 0 Å². The summed E-state index contributed by atoms with van der Waals surface area (Å²) in [6, 6.07) is 19.9. The zero-order valence-electron chi connectivity index (χ0n) is 14.4. The second-order valence-corrected chi connectivity index (χ2v) is 5.96. The molecule has 2 aromatic carbocycles. The van der Waals surface area contributed by atoms with E-state index >= 15 is 0 Å². The van der Waals surface area contributed by atoms with E-state index in [-0.39, 0.29) is 5.91 Å². The van der Waals surface area contributed by atoms with Crippen LogP contribution in [-0.2, 0) is 22.5 Å². The van der Waals surface area contributed by atoms with Gasteiger partial charge in [0.25, 0.3) is 0 Å². The van der Waals surface area contributed by atoms with Crippen LogP contribution in [0.4, 0.5) is 0 Å². The first-order valence-corrected chi connectivity index (χ1v) is 8.41. The summed E-state index contributed by atoms with van der Waals surface area (Å²) in [5, 5.41) is 1.05. The van der Waals surface area contributed by atoms with E-state index in [4.69, 9.17) is 4.74 Å². The Balaban J connectivity index is 1.79. The molecule has 1 heterocycles. The Kier molecular flexibility index (Phi) is 5.75. The minimum Gasteiger partial charge on any atom is -0.383 e. The number of aromatic nitrogens is 1. The Morgan fingerprint density at radius 3 is 2.64 bits per heavy atom. The number of hydrogen-bond acceptors (Lipinski definition) is 3. The van der Waals surface area contributed by atoms with Gasteiger partial charge >= 0.3 is 0 Å². The van der Waals surface area contributed by atoms with Crippen molar-refractivity contribution in [2.24, 2.45) is 0 Å². The molecule has 0 spiro atoms. The number of nitrogens with zero attached hydrogens (tertiary/aromatic N) is 2. The molecule has 4 heteroatoms. The maximum Gasteiger partial charge on any atom is 0.227 e. The summed E-state index contributed by atoms with van der Waals surface area (Å²) in [5.41, 5.74) is 2.96. The summed E-state index contributed by atoms with van der Waals surface area (Å²) < 4.78 is 5.17. The van der Waals surface area contributed by atoms with Gasteiger partial charge in [0.05, 0.1) is 18.5 Å². The highest BCUT2D eigenvalue weighted by Gasteiger charge is 2.16. The molecule has 0 N–H and O–H groups in total. The van der Waals surface area contributed by atoms with Gasteiger partial charge in [-0.3, -0.25) is 9.78 Å². The number of methoxy groups -OCH3 is 1. The molecule has 0 aliphatic rings. The summed E-state index contributed by atoms with van der Waals surface area (Å²) >= 11 is 0. The third-order valence-corrected chi connectivity index (χ3v) is 4.19. The van der Waals surface area contributed by atoms with Gasteiger partial charge < -0.3 is 9.64 Å². The highest BCUT2D eigenvalue weighted by molar-refractivity contribution is 5.87. The first-order chi connectivity index (χ1) is 12.3. The van der Waals surface area contributed by atoms with Crippen molar-refractivity contribution in [3.63, 3.8) is 0 Å². The lowest BCUT2D eigenvalue weighted by Gasteiger charge is -2.23. The molecule has 0 radical (unpaired) electrons. The molecule has 0 bridgehead atoms. The summed E-state index contributed by atoms with van der Waals surface area (Å²) in [4.78, 5) is 19.2. The maximum atomic E-state index is 12.9. The maximum absolute atomic E-state index is 12.9. The highest BCUT2D eigenvalue weighted by atomic mass is 16.5. The van der Waals surface area contributed by atoms with Crippen LogP contribution in [0, 0.1) is 0 Å². The predicted octanol–water partition coefficient (Wildman–Crippen LogP) is 3.45. The Labute approximate surface area is 148 Å². The summed E-state index contributed by atoms with van der Waals surface area (Å²) in [6.45, 7) is 1.68. The summed E-state index contributed by atoms with van der Waals surface area (Å²) in [5.74, 6) is 0.0825. The lowest BCUT2D eigenvalue weighted by atomic mass is 10.1. The van der Waals surface area contributed by atoms with Crippen LogP contribution in [0.2, 0.25) is 0 Å². The molecule has 3 aromatic rings. The quantitative estimate of drug-likeness (QED) is 0.664. The first-order valence-electron chi connectivity index (χ1n) is 8.41. The smallest absolute Gasteiger partial charge is 0.227 e. The number of benzene rings is 2. The van der Waals surface area contributed by atoms with Crippen LogP contribution in [-0.4, -0.2) is 36.1 Å². The second-order valence-electron chi connectivity index (χ2n) is 5.96. The molecule has 0 aliphatic carbocycles. The fraction of sp³-hybridized carbons (Fsp3) is 0.238. The third kappa shape index (κ3) is 4.43. The fourth-order valence-corrected chi connectivity index (χ4v) is 2.88. The van der Waals surface area contributed by atoms with Crippen LogP contribution in [0.25, 0.3) is 10.9 Å². The molecule has 0 fully saturated rings. The molecule has 1 aromatic heterocycles. The number of para-hydroxylation sites is 1. The fourth-order valence-electron chi connectivity index (χ4n) is 2.88. The zero-order valence-corrected chi connectivity index (χ0v) is 14.4. The number of fused-ring (bicyclic) bond motifs is 1. The van der Waals surface area contributed by atoms with Gasteiger partial charge in [-0.15, -0.1) is 0 Å². The van der Waals surface area contributed by atoms with E-state index in [1.807, 2.05) is 65.6 Å². The van der Waals surface area contributed by atoms with Gasteiger partial charge in [-0.25, -0.2) is 0 Å². The Bertz CT molecular complexity index is 828. The average molecular weight is 334 g/mol. The van der Waals surface area contributed by atoms with Crippen molar-refractivity contribution >= 4 is 16.8 Å². The van der Waals surface area contributed by atoms with Gasteiger partial charge in [-0.05, 0) is 17.2 Å². The number of carbonyl (C=O) groups is 1. The average Bonchev–Trinajstić information content (AvgIpc) is 2.66. The second kappa shape index (κ2) is 8.40. The van der Waals surface area contributed by atoms with Gasteiger partial charge in [-0.2, -0.15) is 0 Å². The Hall–Kier alpha value is -2.72. The normalized spacial score (nSPS) is 10.8. The molecule has 1 amide bonds. The van der Waals surface area contributed by atoms with E-state index in [9.17, 15) is 4.79 Å². The van der Waals surface area contributed by atoms with Crippen LogP contribution in [0.5, 0.6) is 0 Å². The molecule has 0 unspecified atom stereocenters. The Morgan fingerprint density at radius 2 is 1.84 bits per heavy atom. The number of carbonyl (C=O) groups excluding carboxylic acids is 1. The van der Waals surface area contributed by atoms with Crippen LogP contribution in [0.1, 0.15) is 11.1 Å². The van der Waals surface area contributed by atoms with Gasteiger partial charge in [0.1, 0.15) is 0 Å². The van der Waals surface area contributed by atoms with Crippen molar-refractivity contribution < 1.29 is 9.53 Å². The molecular formula is C21H22N2O2. The van der Waals surface area contributed by atoms with E-state index in [0.717, 1.165) is 22.0 Å². The highest BCUT2D eigenvalue weighted by Crippen LogP contribution is 2.17. The number of hydrogen-bond donors (Lipinski definition) is 0. The number of amides is 1. The molecule has 0 atom stereocenters. The van der Waals surface area contributed by atoms with E-state index in [1.54, 1.807) is 13.3 Å². The third-order valence-electron chi connectivity index (χ3n) is 4.19. The van der Waals surface area contributed by atoms with E-state index in [2.05, 4.69) is 4.98 Å². The SMILES string of the molecule is COCCN(Cc1ccccc1)C(=O)Cc1cccc2cccnc12.